The molecule has 2 unspecified atom stereocenters. The minimum absolute atomic E-state index is 0.502. The maximum atomic E-state index is 6.24. The summed E-state index contributed by atoms with van der Waals surface area (Å²) >= 11 is 12.2. The molecule has 5 heteroatoms. The van der Waals surface area contributed by atoms with Crippen molar-refractivity contribution in [2.24, 2.45) is 16.6 Å². The van der Waals surface area contributed by atoms with E-state index in [2.05, 4.69) is 9.89 Å². The Morgan fingerprint density at radius 1 is 1.40 bits per heavy atom. The summed E-state index contributed by atoms with van der Waals surface area (Å²) in [4.78, 5) is 6.61. The molecule has 0 aliphatic heterocycles. The Balaban J connectivity index is 1.57. The third kappa shape index (κ3) is 3.04. The highest BCUT2D eigenvalue weighted by Crippen LogP contribution is 2.50. The zero-order valence-corrected chi connectivity index (χ0v) is 13.0. The SMILES string of the molecule is CN(C(N)=NCC1CC1c1ccc(Cl)cc1Cl)C1CC1. The van der Waals surface area contributed by atoms with Gasteiger partial charge in [-0.2, -0.15) is 0 Å². The van der Waals surface area contributed by atoms with Crippen LogP contribution in [0, 0.1) is 5.92 Å². The van der Waals surface area contributed by atoms with Crippen molar-refractivity contribution in [1.29, 1.82) is 0 Å². The first kappa shape index (κ1) is 14.0. The zero-order valence-electron chi connectivity index (χ0n) is 11.5. The van der Waals surface area contributed by atoms with E-state index in [0.717, 1.165) is 18.0 Å². The van der Waals surface area contributed by atoms with Gasteiger partial charge in [0.1, 0.15) is 0 Å². The summed E-state index contributed by atoms with van der Waals surface area (Å²) in [5, 5.41) is 1.45. The topological polar surface area (TPSA) is 41.6 Å². The predicted octanol–water partition coefficient (Wildman–Crippen LogP) is 3.51. The average molecular weight is 312 g/mol. The van der Waals surface area contributed by atoms with Crippen LogP contribution in [0.2, 0.25) is 10.0 Å². The van der Waals surface area contributed by atoms with E-state index in [0.29, 0.717) is 28.9 Å². The number of hydrogen-bond acceptors (Lipinski definition) is 1. The van der Waals surface area contributed by atoms with Crippen LogP contribution in [0.15, 0.2) is 23.2 Å². The van der Waals surface area contributed by atoms with Crippen molar-refractivity contribution in [3.63, 3.8) is 0 Å². The van der Waals surface area contributed by atoms with Gasteiger partial charge in [0.2, 0.25) is 0 Å². The molecule has 2 saturated carbocycles. The lowest BCUT2D eigenvalue weighted by molar-refractivity contribution is 0.486. The molecule has 0 radical (unpaired) electrons. The molecule has 1 aromatic carbocycles. The molecule has 3 nitrogen and oxygen atoms in total. The van der Waals surface area contributed by atoms with E-state index in [1.165, 1.54) is 18.4 Å². The average Bonchev–Trinajstić information content (AvgIpc) is 3.28. The number of halogens is 2. The molecule has 20 heavy (non-hydrogen) atoms. The van der Waals surface area contributed by atoms with Crippen molar-refractivity contribution in [3.8, 4) is 0 Å². The standard InChI is InChI=1S/C15H19Cl2N3/c1-20(11-3-4-11)15(18)19-8-9-6-13(9)12-5-2-10(16)7-14(12)17/h2,5,7,9,11,13H,3-4,6,8H2,1H3,(H2,18,19). The Morgan fingerprint density at radius 3 is 2.80 bits per heavy atom. The van der Waals surface area contributed by atoms with Crippen molar-refractivity contribution < 1.29 is 0 Å². The van der Waals surface area contributed by atoms with Crippen molar-refractivity contribution in [2.75, 3.05) is 13.6 Å². The second kappa shape index (κ2) is 5.45. The fraction of sp³-hybridized carbons (Fsp3) is 0.533. The first-order valence-electron chi connectivity index (χ1n) is 7.04. The van der Waals surface area contributed by atoms with Crippen LogP contribution in [0.1, 0.15) is 30.7 Å². The molecular weight excluding hydrogens is 293 g/mol. The van der Waals surface area contributed by atoms with Crippen LogP contribution in [0.4, 0.5) is 0 Å². The number of benzene rings is 1. The summed E-state index contributed by atoms with van der Waals surface area (Å²) in [7, 11) is 2.02. The Labute approximate surface area is 129 Å². The Kier molecular flexibility index (Phi) is 3.83. The van der Waals surface area contributed by atoms with E-state index in [-0.39, 0.29) is 0 Å². The summed E-state index contributed by atoms with van der Waals surface area (Å²) < 4.78 is 0. The first-order valence-corrected chi connectivity index (χ1v) is 7.79. The van der Waals surface area contributed by atoms with Gasteiger partial charge in [-0.15, -0.1) is 0 Å². The van der Waals surface area contributed by atoms with Gasteiger partial charge in [-0.1, -0.05) is 29.3 Å². The van der Waals surface area contributed by atoms with E-state index >= 15 is 0 Å². The van der Waals surface area contributed by atoms with Crippen molar-refractivity contribution >= 4 is 29.2 Å². The normalized spacial score (nSPS) is 25.6. The molecule has 0 bridgehead atoms. The quantitative estimate of drug-likeness (QED) is 0.683. The molecule has 2 N–H and O–H groups in total. The molecule has 2 aliphatic rings. The van der Waals surface area contributed by atoms with Gasteiger partial charge in [-0.05, 0) is 48.8 Å². The molecule has 2 fully saturated rings. The Hall–Kier alpha value is -0.930. The fourth-order valence-electron chi connectivity index (χ4n) is 2.60. The first-order chi connectivity index (χ1) is 9.56. The van der Waals surface area contributed by atoms with Crippen LogP contribution in [0.5, 0.6) is 0 Å². The minimum Gasteiger partial charge on any atom is -0.370 e. The van der Waals surface area contributed by atoms with E-state index in [9.17, 15) is 0 Å². The highest BCUT2D eigenvalue weighted by Gasteiger charge is 2.39. The summed E-state index contributed by atoms with van der Waals surface area (Å²) in [6.45, 7) is 0.784. The van der Waals surface area contributed by atoms with E-state index in [4.69, 9.17) is 28.9 Å². The molecule has 0 aromatic heterocycles. The Morgan fingerprint density at radius 2 is 2.15 bits per heavy atom. The van der Waals surface area contributed by atoms with Crippen molar-refractivity contribution in [2.45, 2.75) is 31.2 Å². The van der Waals surface area contributed by atoms with Gasteiger partial charge in [0.15, 0.2) is 5.96 Å². The predicted molar refractivity (Wildman–Crippen MR) is 84.6 cm³/mol. The van der Waals surface area contributed by atoms with Gasteiger partial charge in [0.05, 0.1) is 0 Å². The van der Waals surface area contributed by atoms with Crippen molar-refractivity contribution in [1.82, 2.24) is 4.90 Å². The minimum atomic E-state index is 0.502. The largest absolute Gasteiger partial charge is 0.370 e. The lowest BCUT2D eigenvalue weighted by Crippen LogP contribution is -2.35. The second-order valence-corrected chi connectivity index (χ2v) is 6.65. The highest BCUT2D eigenvalue weighted by atomic mass is 35.5. The van der Waals surface area contributed by atoms with Crippen LogP contribution in [-0.4, -0.2) is 30.5 Å². The molecule has 0 saturated heterocycles. The highest BCUT2D eigenvalue weighted by molar-refractivity contribution is 6.35. The van der Waals surface area contributed by atoms with Gasteiger partial charge in [0, 0.05) is 29.7 Å². The van der Waals surface area contributed by atoms with Crippen LogP contribution < -0.4 is 5.73 Å². The molecule has 0 amide bonds. The fourth-order valence-corrected chi connectivity index (χ4v) is 3.15. The van der Waals surface area contributed by atoms with Crippen LogP contribution in [-0.2, 0) is 0 Å². The third-order valence-electron chi connectivity index (χ3n) is 4.23. The number of rotatable bonds is 4. The number of guanidine groups is 1. The smallest absolute Gasteiger partial charge is 0.191 e. The summed E-state index contributed by atoms with van der Waals surface area (Å²) in [6.07, 6.45) is 3.60. The molecule has 0 heterocycles. The number of nitrogens with two attached hydrogens (primary N) is 1. The monoisotopic (exact) mass is 311 g/mol. The van der Waals surface area contributed by atoms with Gasteiger partial charge < -0.3 is 10.6 Å². The van der Waals surface area contributed by atoms with Gasteiger partial charge in [0.25, 0.3) is 0 Å². The van der Waals surface area contributed by atoms with E-state index < -0.39 is 0 Å². The number of hydrogen-bond donors (Lipinski definition) is 1. The Bertz CT molecular complexity index is 540. The molecule has 2 aliphatic carbocycles. The second-order valence-electron chi connectivity index (χ2n) is 5.81. The zero-order chi connectivity index (χ0) is 14.3. The summed E-state index contributed by atoms with van der Waals surface area (Å²) in [5.74, 6) is 1.72. The van der Waals surface area contributed by atoms with Crippen LogP contribution in [0.3, 0.4) is 0 Å². The lowest BCUT2D eigenvalue weighted by Gasteiger charge is -2.16. The van der Waals surface area contributed by atoms with E-state index in [1.807, 2.05) is 25.2 Å². The summed E-state index contributed by atoms with van der Waals surface area (Å²) in [6, 6.07) is 6.35. The van der Waals surface area contributed by atoms with Gasteiger partial charge >= 0.3 is 0 Å². The number of nitrogens with zero attached hydrogens (tertiary/aromatic N) is 2. The number of aliphatic imine (C=N–C) groups is 1. The maximum Gasteiger partial charge on any atom is 0.191 e. The van der Waals surface area contributed by atoms with E-state index in [1.54, 1.807) is 0 Å². The molecule has 108 valence electrons. The summed E-state index contributed by atoms with van der Waals surface area (Å²) in [5.41, 5.74) is 7.19. The molecular formula is C15H19Cl2N3. The van der Waals surface area contributed by atoms with Crippen LogP contribution in [0.25, 0.3) is 0 Å². The maximum absolute atomic E-state index is 6.24. The third-order valence-corrected chi connectivity index (χ3v) is 4.79. The lowest BCUT2D eigenvalue weighted by atomic mass is 10.1. The molecule has 3 rings (SSSR count). The molecule has 1 aromatic rings. The molecule has 0 spiro atoms. The molecule has 2 atom stereocenters. The van der Waals surface area contributed by atoms with Gasteiger partial charge in [-0.25, -0.2) is 0 Å². The van der Waals surface area contributed by atoms with Gasteiger partial charge in [-0.3, -0.25) is 4.99 Å². The van der Waals surface area contributed by atoms with Crippen LogP contribution >= 0.6 is 23.2 Å². The van der Waals surface area contributed by atoms with Crippen molar-refractivity contribution in [3.05, 3.63) is 33.8 Å².